The van der Waals surface area contributed by atoms with E-state index < -0.39 is 6.04 Å². The minimum atomic E-state index is -0.438. The predicted octanol–water partition coefficient (Wildman–Crippen LogP) is 3.94. The van der Waals surface area contributed by atoms with E-state index >= 15 is 0 Å². The van der Waals surface area contributed by atoms with Crippen LogP contribution in [0, 0.1) is 12.7 Å². The van der Waals surface area contributed by atoms with Crippen LogP contribution in [-0.4, -0.2) is 0 Å². The Morgan fingerprint density at radius 1 is 1.18 bits per heavy atom. The van der Waals surface area contributed by atoms with Gasteiger partial charge in [0.1, 0.15) is 5.82 Å². The summed E-state index contributed by atoms with van der Waals surface area (Å²) in [5, 5.41) is 0. The summed E-state index contributed by atoms with van der Waals surface area (Å²) < 4.78 is 14.7. The van der Waals surface area contributed by atoms with Crippen LogP contribution in [0.3, 0.4) is 0 Å². The van der Waals surface area contributed by atoms with Crippen molar-refractivity contribution in [3.05, 3.63) is 69.4 Å². The maximum Gasteiger partial charge on any atom is 0.128 e. The van der Waals surface area contributed by atoms with Gasteiger partial charge in [-0.2, -0.15) is 0 Å². The zero-order chi connectivity index (χ0) is 12.4. The summed E-state index contributed by atoms with van der Waals surface area (Å²) in [5.74, 6) is -0.261. The minimum absolute atomic E-state index is 0.261. The molecule has 1 atom stereocenters. The van der Waals surface area contributed by atoms with E-state index in [-0.39, 0.29) is 5.82 Å². The molecule has 0 radical (unpaired) electrons. The fraction of sp³-hybridized carbons (Fsp3) is 0.143. The van der Waals surface area contributed by atoms with Gasteiger partial charge in [0.2, 0.25) is 0 Å². The van der Waals surface area contributed by atoms with Crippen LogP contribution in [0.5, 0.6) is 0 Å². The van der Waals surface area contributed by atoms with Gasteiger partial charge in [-0.25, -0.2) is 4.39 Å². The highest BCUT2D eigenvalue weighted by molar-refractivity contribution is 9.10. The second kappa shape index (κ2) is 4.98. The third-order valence-electron chi connectivity index (χ3n) is 2.69. The lowest BCUT2D eigenvalue weighted by Gasteiger charge is -2.14. The zero-order valence-corrected chi connectivity index (χ0v) is 11.0. The van der Waals surface area contributed by atoms with E-state index in [9.17, 15) is 4.39 Å². The molecule has 0 heterocycles. The molecule has 0 aliphatic carbocycles. The first-order chi connectivity index (χ1) is 8.08. The number of benzene rings is 2. The van der Waals surface area contributed by atoms with Crippen LogP contribution >= 0.6 is 15.9 Å². The quantitative estimate of drug-likeness (QED) is 0.892. The first-order valence-corrected chi connectivity index (χ1v) is 6.14. The molecule has 3 heteroatoms. The highest BCUT2D eigenvalue weighted by atomic mass is 79.9. The maximum atomic E-state index is 13.7. The van der Waals surface area contributed by atoms with Gasteiger partial charge in [0, 0.05) is 10.0 Å². The molecule has 17 heavy (non-hydrogen) atoms. The highest BCUT2D eigenvalue weighted by Gasteiger charge is 2.13. The van der Waals surface area contributed by atoms with Crippen LogP contribution in [0.1, 0.15) is 22.7 Å². The van der Waals surface area contributed by atoms with Gasteiger partial charge in [0.05, 0.1) is 6.04 Å². The molecule has 2 rings (SSSR count). The topological polar surface area (TPSA) is 26.0 Å². The Balaban J connectivity index is 2.43. The van der Waals surface area contributed by atoms with Crippen LogP contribution < -0.4 is 5.73 Å². The Hall–Kier alpha value is -1.19. The van der Waals surface area contributed by atoms with Gasteiger partial charge in [-0.3, -0.25) is 0 Å². The molecule has 0 aliphatic heterocycles. The van der Waals surface area contributed by atoms with Gasteiger partial charge in [0.25, 0.3) is 0 Å². The summed E-state index contributed by atoms with van der Waals surface area (Å²) in [5.41, 5.74) is 8.52. The second-order valence-corrected chi connectivity index (χ2v) is 4.97. The van der Waals surface area contributed by atoms with Crippen molar-refractivity contribution in [2.45, 2.75) is 13.0 Å². The molecule has 1 nitrogen and oxygen atoms in total. The summed E-state index contributed by atoms with van der Waals surface area (Å²) in [6, 6.07) is 12.2. The van der Waals surface area contributed by atoms with Gasteiger partial charge in [-0.15, -0.1) is 0 Å². The number of rotatable bonds is 2. The molecule has 2 aromatic rings. The largest absolute Gasteiger partial charge is 0.320 e. The van der Waals surface area contributed by atoms with E-state index in [1.807, 2.05) is 31.2 Å². The highest BCUT2D eigenvalue weighted by Crippen LogP contribution is 2.25. The van der Waals surface area contributed by atoms with Crippen molar-refractivity contribution >= 4 is 15.9 Å². The Morgan fingerprint density at radius 3 is 2.65 bits per heavy atom. The predicted molar refractivity (Wildman–Crippen MR) is 71.3 cm³/mol. The Morgan fingerprint density at radius 2 is 1.94 bits per heavy atom. The van der Waals surface area contributed by atoms with E-state index in [1.165, 1.54) is 6.07 Å². The van der Waals surface area contributed by atoms with Crippen molar-refractivity contribution in [3.8, 4) is 0 Å². The van der Waals surface area contributed by atoms with Gasteiger partial charge in [-0.05, 0) is 30.7 Å². The molecule has 0 aromatic heterocycles. The fourth-order valence-electron chi connectivity index (χ4n) is 1.78. The molecule has 0 saturated heterocycles. The molecular formula is C14H13BrFN. The smallest absolute Gasteiger partial charge is 0.128 e. The summed E-state index contributed by atoms with van der Waals surface area (Å²) >= 11 is 3.39. The van der Waals surface area contributed by atoms with Crippen molar-refractivity contribution in [2.75, 3.05) is 0 Å². The van der Waals surface area contributed by atoms with Crippen LogP contribution in [0.25, 0.3) is 0 Å². The minimum Gasteiger partial charge on any atom is -0.320 e. The van der Waals surface area contributed by atoms with Crippen LogP contribution in [0.4, 0.5) is 4.39 Å². The van der Waals surface area contributed by atoms with Gasteiger partial charge >= 0.3 is 0 Å². The average molecular weight is 294 g/mol. The first kappa shape index (κ1) is 12.3. The first-order valence-electron chi connectivity index (χ1n) is 5.35. The van der Waals surface area contributed by atoms with E-state index in [0.29, 0.717) is 5.56 Å². The molecule has 0 amide bonds. The molecule has 0 bridgehead atoms. The second-order valence-electron chi connectivity index (χ2n) is 4.06. The monoisotopic (exact) mass is 293 g/mol. The Bertz CT molecular complexity index is 539. The van der Waals surface area contributed by atoms with Crippen molar-refractivity contribution < 1.29 is 4.39 Å². The maximum absolute atomic E-state index is 13.7. The SMILES string of the molecule is Cc1ccc(F)c(C(N)c2cccc(Br)c2)c1. The van der Waals surface area contributed by atoms with E-state index in [1.54, 1.807) is 12.1 Å². The molecule has 88 valence electrons. The molecular weight excluding hydrogens is 281 g/mol. The lowest BCUT2D eigenvalue weighted by atomic mass is 9.98. The molecule has 1 unspecified atom stereocenters. The van der Waals surface area contributed by atoms with Gasteiger partial charge in [-0.1, -0.05) is 45.8 Å². The lowest BCUT2D eigenvalue weighted by molar-refractivity contribution is 0.599. The molecule has 0 aliphatic rings. The number of halogens is 2. The lowest BCUT2D eigenvalue weighted by Crippen LogP contribution is -2.13. The van der Waals surface area contributed by atoms with E-state index in [4.69, 9.17) is 5.73 Å². The summed E-state index contributed by atoms with van der Waals surface area (Å²) in [7, 11) is 0. The Kier molecular flexibility index (Phi) is 3.60. The van der Waals surface area contributed by atoms with E-state index in [0.717, 1.165) is 15.6 Å². The number of hydrogen-bond donors (Lipinski definition) is 1. The molecule has 0 spiro atoms. The third-order valence-corrected chi connectivity index (χ3v) is 3.19. The molecule has 0 saturated carbocycles. The zero-order valence-electron chi connectivity index (χ0n) is 9.45. The van der Waals surface area contributed by atoms with Crippen molar-refractivity contribution in [2.24, 2.45) is 5.73 Å². The van der Waals surface area contributed by atoms with Crippen molar-refractivity contribution in [1.82, 2.24) is 0 Å². The summed E-state index contributed by atoms with van der Waals surface area (Å²) in [6.45, 7) is 1.93. The third kappa shape index (κ3) is 2.73. The Labute approximate surface area is 109 Å². The molecule has 2 aromatic carbocycles. The van der Waals surface area contributed by atoms with Crippen LogP contribution in [-0.2, 0) is 0 Å². The number of nitrogens with two attached hydrogens (primary N) is 1. The van der Waals surface area contributed by atoms with E-state index in [2.05, 4.69) is 15.9 Å². The number of aryl methyl sites for hydroxylation is 1. The molecule has 0 fully saturated rings. The van der Waals surface area contributed by atoms with Gasteiger partial charge in [0.15, 0.2) is 0 Å². The molecule has 2 N–H and O–H groups in total. The summed E-state index contributed by atoms with van der Waals surface area (Å²) in [6.07, 6.45) is 0. The fourth-order valence-corrected chi connectivity index (χ4v) is 2.20. The van der Waals surface area contributed by atoms with Crippen LogP contribution in [0.2, 0.25) is 0 Å². The standard InChI is InChI=1S/C14H13BrFN/c1-9-5-6-13(16)12(7-9)14(17)10-3-2-4-11(15)8-10/h2-8,14H,17H2,1H3. The normalized spacial score (nSPS) is 12.5. The average Bonchev–Trinajstić information content (AvgIpc) is 2.31. The number of hydrogen-bond acceptors (Lipinski definition) is 1. The van der Waals surface area contributed by atoms with Gasteiger partial charge < -0.3 is 5.73 Å². The summed E-state index contributed by atoms with van der Waals surface area (Å²) in [4.78, 5) is 0. The van der Waals surface area contributed by atoms with Crippen molar-refractivity contribution in [3.63, 3.8) is 0 Å². The van der Waals surface area contributed by atoms with Crippen molar-refractivity contribution in [1.29, 1.82) is 0 Å². The van der Waals surface area contributed by atoms with Crippen LogP contribution in [0.15, 0.2) is 46.9 Å².